The summed E-state index contributed by atoms with van der Waals surface area (Å²) in [7, 11) is 0. The number of pyridine rings is 1. The van der Waals surface area contributed by atoms with E-state index in [0.29, 0.717) is 11.3 Å². The molecule has 0 bridgehead atoms. The summed E-state index contributed by atoms with van der Waals surface area (Å²) in [6.45, 7) is 2.00. The molecule has 1 aliphatic carbocycles. The molecule has 112 valence electrons. The second-order valence-corrected chi connectivity index (χ2v) is 5.64. The number of nitrogens with zero attached hydrogens (tertiary/aromatic N) is 2. The number of aryl methyl sites for hydroxylation is 1. The lowest BCUT2D eigenvalue weighted by atomic mass is 9.91. The maximum absolute atomic E-state index is 12.3. The molecule has 0 aromatic carbocycles. The number of nitrogens with two attached hydrogens (primary N) is 1. The van der Waals surface area contributed by atoms with Crippen molar-refractivity contribution in [1.29, 1.82) is 0 Å². The molecular weight excluding hydrogens is 268 g/mol. The molecule has 2 heterocycles. The van der Waals surface area contributed by atoms with Gasteiger partial charge >= 0.3 is 0 Å². The Morgan fingerprint density at radius 2 is 2.19 bits per heavy atom. The Labute approximate surface area is 123 Å². The second-order valence-electron chi connectivity index (χ2n) is 5.64. The third kappa shape index (κ3) is 2.90. The summed E-state index contributed by atoms with van der Waals surface area (Å²) in [6.07, 6.45) is 6.10. The van der Waals surface area contributed by atoms with Crippen LogP contribution in [0, 0.1) is 0 Å². The lowest BCUT2D eigenvalue weighted by Crippen LogP contribution is -2.40. The Kier molecular flexibility index (Phi) is 3.88. The van der Waals surface area contributed by atoms with E-state index in [4.69, 9.17) is 10.3 Å². The standard InChI is InChI=1S/C15H20N4O2/c1-2-13-12-7-9(8-17-15(12)21-19-13)14(20)18-11-5-3-10(16)4-6-11/h7-8,10-11H,2-6,16H2,1H3,(H,18,20). The van der Waals surface area contributed by atoms with Crippen LogP contribution in [0.2, 0.25) is 0 Å². The molecule has 1 saturated carbocycles. The van der Waals surface area contributed by atoms with Gasteiger partial charge in [0.2, 0.25) is 0 Å². The Morgan fingerprint density at radius 3 is 2.90 bits per heavy atom. The smallest absolute Gasteiger partial charge is 0.257 e. The fourth-order valence-corrected chi connectivity index (χ4v) is 2.79. The van der Waals surface area contributed by atoms with Crippen LogP contribution in [0.1, 0.15) is 48.7 Å². The Balaban J connectivity index is 1.75. The molecule has 21 heavy (non-hydrogen) atoms. The van der Waals surface area contributed by atoms with Gasteiger partial charge in [0.15, 0.2) is 0 Å². The molecule has 0 aliphatic heterocycles. The summed E-state index contributed by atoms with van der Waals surface area (Å²) in [5.74, 6) is -0.0897. The zero-order valence-electron chi connectivity index (χ0n) is 12.1. The van der Waals surface area contributed by atoms with E-state index in [0.717, 1.165) is 43.2 Å². The van der Waals surface area contributed by atoms with Crippen LogP contribution in [0.15, 0.2) is 16.8 Å². The van der Waals surface area contributed by atoms with Gasteiger partial charge in [-0.25, -0.2) is 4.98 Å². The summed E-state index contributed by atoms with van der Waals surface area (Å²) >= 11 is 0. The predicted molar refractivity (Wildman–Crippen MR) is 78.9 cm³/mol. The van der Waals surface area contributed by atoms with Crippen LogP contribution in [0.25, 0.3) is 11.1 Å². The van der Waals surface area contributed by atoms with Gasteiger partial charge in [-0.05, 0) is 38.2 Å². The van der Waals surface area contributed by atoms with Gasteiger partial charge in [0.1, 0.15) is 0 Å². The molecule has 1 amide bonds. The maximum atomic E-state index is 12.3. The minimum Gasteiger partial charge on any atom is -0.349 e. The Morgan fingerprint density at radius 1 is 1.43 bits per heavy atom. The summed E-state index contributed by atoms with van der Waals surface area (Å²) in [5.41, 5.74) is 7.74. The highest BCUT2D eigenvalue weighted by Crippen LogP contribution is 2.20. The highest BCUT2D eigenvalue weighted by Gasteiger charge is 2.21. The van der Waals surface area contributed by atoms with Gasteiger partial charge < -0.3 is 15.6 Å². The molecule has 0 atom stereocenters. The largest absolute Gasteiger partial charge is 0.349 e. The number of amides is 1. The van der Waals surface area contributed by atoms with Gasteiger partial charge in [-0.2, -0.15) is 0 Å². The van der Waals surface area contributed by atoms with E-state index in [9.17, 15) is 4.79 Å². The monoisotopic (exact) mass is 288 g/mol. The first-order valence-electron chi connectivity index (χ1n) is 7.48. The molecule has 1 fully saturated rings. The van der Waals surface area contributed by atoms with Crippen molar-refractivity contribution >= 4 is 17.0 Å². The van der Waals surface area contributed by atoms with Crippen molar-refractivity contribution in [2.75, 3.05) is 0 Å². The number of hydrogen-bond acceptors (Lipinski definition) is 5. The highest BCUT2D eigenvalue weighted by atomic mass is 16.5. The summed E-state index contributed by atoms with van der Waals surface area (Å²) < 4.78 is 5.13. The number of hydrogen-bond donors (Lipinski definition) is 2. The van der Waals surface area contributed by atoms with Crippen molar-refractivity contribution in [3.8, 4) is 0 Å². The van der Waals surface area contributed by atoms with Crippen molar-refractivity contribution in [3.63, 3.8) is 0 Å². The SMILES string of the molecule is CCc1noc2ncc(C(=O)NC3CCC(N)CC3)cc12. The second kappa shape index (κ2) is 5.81. The number of rotatable bonds is 3. The fourth-order valence-electron chi connectivity index (χ4n) is 2.79. The van der Waals surface area contributed by atoms with E-state index in [1.807, 2.05) is 13.0 Å². The van der Waals surface area contributed by atoms with Crippen molar-refractivity contribution in [1.82, 2.24) is 15.5 Å². The van der Waals surface area contributed by atoms with Crippen LogP contribution in [0.4, 0.5) is 0 Å². The zero-order chi connectivity index (χ0) is 14.8. The number of fused-ring (bicyclic) bond motifs is 1. The Bertz CT molecular complexity index is 644. The third-order valence-electron chi connectivity index (χ3n) is 4.11. The minimum atomic E-state index is -0.0897. The summed E-state index contributed by atoms with van der Waals surface area (Å²) in [6, 6.07) is 2.29. The molecule has 1 aliphatic rings. The summed E-state index contributed by atoms with van der Waals surface area (Å²) in [4.78, 5) is 16.5. The highest BCUT2D eigenvalue weighted by molar-refractivity contribution is 5.97. The first-order chi connectivity index (χ1) is 10.2. The molecule has 3 rings (SSSR count). The van der Waals surface area contributed by atoms with Gasteiger partial charge in [0.25, 0.3) is 11.6 Å². The lowest BCUT2D eigenvalue weighted by molar-refractivity contribution is 0.0925. The third-order valence-corrected chi connectivity index (χ3v) is 4.11. The van der Waals surface area contributed by atoms with Crippen molar-refractivity contribution in [2.45, 2.75) is 51.1 Å². The van der Waals surface area contributed by atoms with Crippen LogP contribution in [0.5, 0.6) is 0 Å². The fraction of sp³-hybridized carbons (Fsp3) is 0.533. The minimum absolute atomic E-state index is 0.0897. The van der Waals surface area contributed by atoms with E-state index >= 15 is 0 Å². The zero-order valence-corrected chi connectivity index (χ0v) is 12.1. The van der Waals surface area contributed by atoms with Gasteiger partial charge in [0.05, 0.1) is 16.6 Å². The molecule has 0 saturated heterocycles. The quantitative estimate of drug-likeness (QED) is 0.898. The number of nitrogens with one attached hydrogen (secondary N) is 1. The predicted octanol–water partition coefficient (Wildman–Crippen LogP) is 1.78. The van der Waals surface area contributed by atoms with E-state index in [2.05, 4.69) is 15.5 Å². The number of carbonyl (C=O) groups excluding carboxylic acids is 1. The van der Waals surface area contributed by atoms with Gasteiger partial charge in [-0.1, -0.05) is 12.1 Å². The molecule has 3 N–H and O–H groups in total. The van der Waals surface area contributed by atoms with Gasteiger partial charge in [0, 0.05) is 18.3 Å². The van der Waals surface area contributed by atoms with Gasteiger partial charge in [-0.15, -0.1) is 0 Å². The first kappa shape index (κ1) is 14.0. The number of carbonyl (C=O) groups is 1. The average Bonchev–Trinajstić information content (AvgIpc) is 2.91. The van der Waals surface area contributed by atoms with Crippen molar-refractivity contribution < 1.29 is 9.32 Å². The lowest BCUT2D eigenvalue weighted by Gasteiger charge is -2.26. The molecule has 2 aromatic heterocycles. The van der Waals surface area contributed by atoms with Crippen LogP contribution in [0.3, 0.4) is 0 Å². The van der Waals surface area contributed by atoms with Crippen molar-refractivity contribution in [3.05, 3.63) is 23.5 Å². The maximum Gasteiger partial charge on any atom is 0.257 e. The van der Waals surface area contributed by atoms with E-state index < -0.39 is 0 Å². The van der Waals surface area contributed by atoms with E-state index in [1.54, 1.807) is 0 Å². The topological polar surface area (TPSA) is 94.0 Å². The van der Waals surface area contributed by atoms with Crippen LogP contribution >= 0.6 is 0 Å². The summed E-state index contributed by atoms with van der Waals surface area (Å²) in [5, 5.41) is 7.84. The first-order valence-corrected chi connectivity index (χ1v) is 7.48. The van der Waals surface area contributed by atoms with E-state index in [-0.39, 0.29) is 18.0 Å². The average molecular weight is 288 g/mol. The van der Waals surface area contributed by atoms with Crippen molar-refractivity contribution in [2.24, 2.45) is 5.73 Å². The molecule has 0 radical (unpaired) electrons. The normalized spacial score (nSPS) is 22.4. The van der Waals surface area contributed by atoms with Crippen LogP contribution in [-0.2, 0) is 6.42 Å². The Hall–Kier alpha value is -1.95. The van der Waals surface area contributed by atoms with Gasteiger partial charge in [-0.3, -0.25) is 4.79 Å². The molecular formula is C15H20N4O2. The molecule has 0 spiro atoms. The van der Waals surface area contributed by atoms with E-state index in [1.165, 1.54) is 6.20 Å². The van der Waals surface area contributed by atoms with Crippen LogP contribution < -0.4 is 11.1 Å². The molecule has 6 heteroatoms. The molecule has 6 nitrogen and oxygen atoms in total. The molecule has 2 aromatic rings. The number of aromatic nitrogens is 2. The van der Waals surface area contributed by atoms with Crippen LogP contribution in [-0.4, -0.2) is 28.1 Å². The molecule has 0 unspecified atom stereocenters.